The minimum atomic E-state index is -1.06. The number of phenolic OH excluding ortho intramolecular Hbond substituents is 1. The Morgan fingerprint density at radius 3 is 2.36 bits per heavy atom. The van der Waals surface area contributed by atoms with E-state index in [1.54, 1.807) is 12.1 Å². The molecule has 0 fully saturated rings. The Morgan fingerprint density at radius 2 is 1.76 bits per heavy atom. The van der Waals surface area contributed by atoms with Crippen LogP contribution in [0.25, 0.3) is 0 Å². The lowest BCUT2D eigenvalue weighted by molar-refractivity contribution is -0.114. The molecular formula is C18H16ClNO5. The molecule has 0 saturated carbocycles. The number of halogens is 1. The lowest BCUT2D eigenvalue weighted by Gasteiger charge is -2.13. The summed E-state index contributed by atoms with van der Waals surface area (Å²) in [7, 11) is 0. The van der Waals surface area contributed by atoms with Gasteiger partial charge in [-0.15, -0.1) is 0 Å². The average Bonchev–Trinajstić information content (AvgIpc) is 2.56. The molecule has 7 heteroatoms. The number of benzene rings is 2. The monoisotopic (exact) mass is 361 g/mol. The van der Waals surface area contributed by atoms with Crippen LogP contribution in [-0.4, -0.2) is 28.9 Å². The number of hydrogen-bond donors (Lipinski definition) is 2. The van der Waals surface area contributed by atoms with Gasteiger partial charge in [-0.3, -0.25) is 9.59 Å². The van der Waals surface area contributed by atoms with E-state index in [4.69, 9.17) is 16.3 Å². The fourth-order valence-corrected chi connectivity index (χ4v) is 2.28. The zero-order valence-electron chi connectivity index (χ0n) is 13.6. The molecule has 0 saturated heterocycles. The van der Waals surface area contributed by atoms with E-state index in [2.05, 4.69) is 5.32 Å². The Hall–Kier alpha value is -2.86. The summed E-state index contributed by atoms with van der Waals surface area (Å²) in [6, 6.07) is 10.2. The summed E-state index contributed by atoms with van der Waals surface area (Å²) in [6.07, 6.45) is -1.06. The molecule has 0 aliphatic heterocycles. The highest BCUT2D eigenvalue weighted by atomic mass is 35.5. The number of ketones is 1. The molecule has 1 amide bonds. The first-order chi connectivity index (χ1) is 11.8. The predicted molar refractivity (Wildman–Crippen MR) is 93.1 cm³/mol. The average molecular weight is 362 g/mol. The minimum absolute atomic E-state index is 0.117. The molecule has 0 heterocycles. The van der Waals surface area contributed by atoms with Gasteiger partial charge >= 0.3 is 5.97 Å². The molecule has 2 rings (SSSR count). The van der Waals surface area contributed by atoms with Gasteiger partial charge in [-0.2, -0.15) is 0 Å². The third-order valence-electron chi connectivity index (χ3n) is 3.32. The van der Waals surface area contributed by atoms with Crippen LogP contribution in [0.1, 0.15) is 34.6 Å². The molecule has 2 aromatic carbocycles. The highest BCUT2D eigenvalue weighted by molar-refractivity contribution is 6.31. The van der Waals surface area contributed by atoms with Crippen LogP contribution in [0, 0.1) is 0 Å². The van der Waals surface area contributed by atoms with Crippen molar-refractivity contribution in [2.75, 3.05) is 5.32 Å². The van der Waals surface area contributed by atoms with E-state index in [-0.39, 0.29) is 22.2 Å². The lowest BCUT2D eigenvalue weighted by Crippen LogP contribution is -2.24. The van der Waals surface area contributed by atoms with E-state index in [0.717, 1.165) is 0 Å². The van der Waals surface area contributed by atoms with Crippen molar-refractivity contribution in [2.45, 2.75) is 20.0 Å². The van der Waals surface area contributed by atoms with Crippen molar-refractivity contribution < 1.29 is 24.2 Å². The summed E-state index contributed by atoms with van der Waals surface area (Å²) in [5.41, 5.74) is 0.760. The number of hydrogen-bond acceptors (Lipinski definition) is 5. The molecule has 0 aliphatic rings. The third kappa shape index (κ3) is 4.81. The second kappa shape index (κ2) is 7.81. The molecule has 0 unspecified atom stereocenters. The smallest absolute Gasteiger partial charge is 0.342 e. The molecular weight excluding hydrogens is 346 g/mol. The zero-order valence-corrected chi connectivity index (χ0v) is 14.3. The van der Waals surface area contributed by atoms with Gasteiger partial charge in [-0.05, 0) is 49.4 Å². The number of carbonyl (C=O) groups excluding carboxylic acids is 3. The van der Waals surface area contributed by atoms with Crippen molar-refractivity contribution in [2.24, 2.45) is 0 Å². The molecule has 0 aliphatic carbocycles. The molecule has 6 nitrogen and oxygen atoms in total. The number of aromatic hydroxyl groups is 1. The van der Waals surface area contributed by atoms with E-state index in [9.17, 15) is 19.5 Å². The van der Waals surface area contributed by atoms with E-state index in [0.29, 0.717) is 11.3 Å². The Kier molecular flexibility index (Phi) is 5.77. The predicted octanol–water partition coefficient (Wildman–Crippen LogP) is 3.43. The first-order valence-corrected chi connectivity index (χ1v) is 7.77. The van der Waals surface area contributed by atoms with Crippen LogP contribution in [0.2, 0.25) is 5.02 Å². The first-order valence-electron chi connectivity index (χ1n) is 7.39. The number of nitrogens with one attached hydrogen (secondary N) is 1. The zero-order chi connectivity index (χ0) is 18.6. The highest BCUT2D eigenvalue weighted by Gasteiger charge is 2.22. The van der Waals surface area contributed by atoms with E-state index in [1.807, 2.05) is 0 Å². The molecule has 2 N–H and O–H groups in total. The molecule has 0 aromatic heterocycles. The molecule has 130 valence electrons. The van der Waals surface area contributed by atoms with Crippen LogP contribution in [0.3, 0.4) is 0 Å². The van der Waals surface area contributed by atoms with Crippen molar-refractivity contribution in [3.05, 3.63) is 58.6 Å². The maximum absolute atomic E-state index is 12.3. The highest BCUT2D eigenvalue weighted by Crippen LogP contribution is 2.23. The summed E-state index contributed by atoms with van der Waals surface area (Å²) < 4.78 is 5.11. The quantitative estimate of drug-likeness (QED) is 0.628. The van der Waals surface area contributed by atoms with Crippen molar-refractivity contribution in [1.82, 2.24) is 0 Å². The fourth-order valence-electron chi connectivity index (χ4n) is 2.11. The van der Waals surface area contributed by atoms with Gasteiger partial charge < -0.3 is 15.2 Å². The fraction of sp³-hybridized carbons (Fsp3) is 0.167. The second-order valence-electron chi connectivity index (χ2n) is 5.33. The van der Waals surface area contributed by atoms with Crippen LogP contribution in [0.15, 0.2) is 42.5 Å². The van der Waals surface area contributed by atoms with Gasteiger partial charge in [-0.25, -0.2) is 4.79 Å². The Labute approximate surface area is 149 Å². The van der Waals surface area contributed by atoms with Crippen molar-refractivity contribution in [1.29, 1.82) is 0 Å². The van der Waals surface area contributed by atoms with Gasteiger partial charge in [0.25, 0.3) is 0 Å². The number of phenols is 1. The summed E-state index contributed by atoms with van der Waals surface area (Å²) in [6.45, 7) is 2.81. The Balaban J connectivity index is 2.08. The molecule has 1 atom stereocenters. The van der Waals surface area contributed by atoms with Crippen LogP contribution in [0.5, 0.6) is 5.75 Å². The topological polar surface area (TPSA) is 92.7 Å². The Bertz CT molecular complexity index is 817. The summed E-state index contributed by atoms with van der Waals surface area (Å²) in [4.78, 5) is 35.4. The summed E-state index contributed by atoms with van der Waals surface area (Å²) in [5.74, 6) is -1.77. The summed E-state index contributed by atoms with van der Waals surface area (Å²) in [5, 5.41) is 12.5. The number of anilines is 1. The standard InChI is InChI=1S/C18H16ClNO5/c1-10(25-18(24)15-9-13(19)5-8-16(15)22)17(23)12-3-6-14(7-4-12)20-11(2)21/h3-10,22H,1-2H3,(H,20,21)/t10-/m1/s1. The van der Waals surface area contributed by atoms with Crippen molar-refractivity contribution >= 4 is 34.9 Å². The van der Waals surface area contributed by atoms with Gasteiger partial charge in [0.1, 0.15) is 11.3 Å². The minimum Gasteiger partial charge on any atom is -0.507 e. The van der Waals surface area contributed by atoms with E-state index in [1.165, 1.54) is 44.2 Å². The number of Topliss-reactive ketones (excluding diaryl/α,β-unsaturated/α-hetero) is 1. The van der Waals surface area contributed by atoms with E-state index >= 15 is 0 Å². The van der Waals surface area contributed by atoms with Gasteiger partial charge in [0.15, 0.2) is 6.10 Å². The number of esters is 1. The second-order valence-corrected chi connectivity index (χ2v) is 5.77. The maximum atomic E-state index is 12.3. The molecule has 0 spiro atoms. The van der Waals surface area contributed by atoms with Gasteiger partial charge in [0, 0.05) is 23.2 Å². The van der Waals surface area contributed by atoms with E-state index < -0.39 is 17.9 Å². The third-order valence-corrected chi connectivity index (χ3v) is 3.56. The van der Waals surface area contributed by atoms with Crippen molar-refractivity contribution in [3.8, 4) is 5.75 Å². The number of ether oxygens (including phenoxy) is 1. The van der Waals surface area contributed by atoms with Crippen LogP contribution < -0.4 is 5.32 Å². The van der Waals surface area contributed by atoms with Gasteiger partial charge in [-0.1, -0.05) is 11.6 Å². The molecule has 2 aromatic rings. The lowest BCUT2D eigenvalue weighted by atomic mass is 10.1. The van der Waals surface area contributed by atoms with Crippen LogP contribution in [-0.2, 0) is 9.53 Å². The van der Waals surface area contributed by atoms with Gasteiger partial charge in [0.05, 0.1) is 0 Å². The summed E-state index contributed by atoms with van der Waals surface area (Å²) >= 11 is 5.79. The van der Waals surface area contributed by atoms with Crippen LogP contribution >= 0.6 is 11.6 Å². The van der Waals surface area contributed by atoms with Crippen LogP contribution in [0.4, 0.5) is 5.69 Å². The number of carbonyl (C=O) groups is 3. The molecule has 0 radical (unpaired) electrons. The normalized spacial score (nSPS) is 11.5. The largest absolute Gasteiger partial charge is 0.507 e. The first kappa shape index (κ1) is 18.5. The molecule has 25 heavy (non-hydrogen) atoms. The van der Waals surface area contributed by atoms with Crippen molar-refractivity contribution in [3.63, 3.8) is 0 Å². The van der Waals surface area contributed by atoms with Gasteiger partial charge in [0.2, 0.25) is 11.7 Å². The Morgan fingerprint density at radius 1 is 1.12 bits per heavy atom. The SMILES string of the molecule is CC(=O)Nc1ccc(C(=O)[C@@H](C)OC(=O)c2cc(Cl)ccc2O)cc1. The number of amides is 1. The molecule has 0 bridgehead atoms. The number of rotatable bonds is 5. The maximum Gasteiger partial charge on any atom is 0.342 e.